The summed E-state index contributed by atoms with van der Waals surface area (Å²) in [6, 6.07) is 9.48. The maximum atomic E-state index is 2.69. The van der Waals surface area contributed by atoms with Gasteiger partial charge in [0.05, 0.1) is 0 Å². The highest BCUT2D eigenvalue weighted by molar-refractivity contribution is 6.75. The Labute approximate surface area is 161 Å². The van der Waals surface area contributed by atoms with Crippen LogP contribution in [0.3, 0.4) is 0 Å². The topological polar surface area (TPSA) is 6.48 Å². The van der Waals surface area contributed by atoms with Crippen molar-refractivity contribution in [2.45, 2.75) is 87.1 Å². The Morgan fingerprint density at radius 1 is 1.04 bits per heavy atom. The summed E-state index contributed by atoms with van der Waals surface area (Å²) >= 11 is 0. The molecule has 0 aromatic heterocycles. The minimum absolute atomic E-state index is 0.136. The number of fused-ring (bicyclic) bond motifs is 1. The van der Waals surface area contributed by atoms with Crippen molar-refractivity contribution in [1.82, 2.24) is 9.93 Å². The molecule has 2 heterocycles. The monoisotopic (exact) mass is 352 g/mol. The van der Waals surface area contributed by atoms with Gasteiger partial charge in [-0.3, -0.25) is 0 Å². The predicted molar refractivity (Wildman–Crippen MR) is 115 cm³/mol. The first-order valence-electron chi connectivity index (χ1n) is 10.2. The van der Waals surface area contributed by atoms with Gasteiger partial charge in [0.2, 0.25) is 0 Å². The van der Waals surface area contributed by atoms with E-state index in [1.807, 2.05) is 0 Å². The van der Waals surface area contributed by atoms with Crippen LogP contribution in [0.15, 0.2) is 24.3 Å². The quantitative estimate of drug-likeness (QED) is 0.695. The lowest BCUT2D eigenvalue weighted by atomic mass is 9.48. The second-order valence-corrected chi connectivity index (χ2v) is 10.8. The molecular weight excluding hydrogens is 315 g/mol. The zero-order chi connectivity index (χ0) is 19.7. The van der Waals surface area contributed by atoms with Crippen LogP contribution < -0.4 is 10.4 Å². The van der Waals surface area contributed by atoms with Gasteiger partial charge in [-0.25, -0.2) is 5.01 Å². The highest BCUT2D eigenvalue weighted by Crippen LogP contribution is 2.48. The first-order valence-corrected chi connectivity index (χ1v) is 10.2. The van der Waals surface area contributed by atoms with Crippen LogP contribution in [0.4, 0.5) is 0 Å². The van der Waals surface area contributed by atoms with Crippen LogP contribution in [-0.2, 0) is 0 Å². The number of nitrogens with zero attached hydrogens (tertiary/aromatic N) is 2. The maximum absolute atomic E-state index is 2.69. The van der Waals surface area contributed by atoms with Crippen LogP contribution in [0.1, 0.15) is 68.7 Å². The van der Waals surface area contributed by atoms with Crippen LogP contribution in [0.25, 0.3) is 11.2 Å². The molecule has 1 atom stereocenters. The van der Waals surface area contributed by atoms with Crippen molar-refractivity contribution in [3.8, 4) is 0 Å². The fourth-order valence-corrected chi connectivity index (χ4v) is 5.85. The van der Waals surface area contributed by atoms with Crippen LogP contribution in [0.5, 0.6) is 0 Å². The van der Waals surface area contributed by atoms with Gasteiger partial charge in [-0.1, -0.05) is 71.2 Å². The van der Waals surface area contributed by atoms with Crippen molar-refractivity contribution < 1.29 is 0 Å². The van der Waals surface area contributed by atoms with E-state index in [4.69, 9.17) is 0 Å². The van der Waals surface area contributed by atoms with E-state index in [1.54, 1.807) is 5.47 Å². The molecule has 1 fully saturated rings. The third-order valence-electron chi connectivity index (χ3n) is 6.78. The fraction of sp³-hybridized carbons (Fsp3) is 0.652. The smallest absolute Gasteiger partial charge is 0.300 e. The molecule has 3 rings (SSSR count). The molecule has 1 aromatic rings. The number of hydrazine groups is 1. The summed E-state index contributed by atoms with van der Waals surface area (Å²) < 4.78 is 0. The van der Waals surface area contributed by atoms with E-state index in [0.717, 1.165) is 0 Å². The van der Waals surface area contributed by atoms with Gasteiger partial charge in [-0.15, -0.1) is 0 Å². The summed E-state index contributed by atoms with van der Waals surface area (Å²) in [4.78, 5) is 2.63. The molecule has 0 saturated carbocycles. The van der Waals surface area contributed by atoms with E-state index in [-0.39, 0.29) is 11.0 Å². The lowest BCUT2D eigenvalue weighted by Crippen LogP contribution is -2.63. The molecule has 0 spiro atoms. The van der Waals surface area contributed by atoms with E-state index in [1.165, 1.54) is 22.6 Å². The normalized spacial score (nSPS) is 25.7. The predicted octanol–water partition coefficient (Wildman–Crippen LogP) is 4.30. The summed E-state index contributed by atoms with van der Waals surface area (Å²) in [6.45, 7) is 24.2. The Balaban J connectivity index is 2.29. The van der Waals surface area contributed by atoms with Gasteiger partial charge >= 0.3 is 6.85 Å². The molecule has 142 valence electrons. The Morgan fingerprint density at radius 3 is 2.04 bits per heavy atom. The lowest BCUT2D eigenvalue weighted by molar-refractivity contribution is -0.00356. The number of rotatable bonds is 1. The van der Waals surface area contributed by atoms with E-state index >= 15 is 0 Å². The Bertz CT molecular complexity index is 828. The van der Waals surface area contributed by atoms with Crippen LogP contribution in [0.2, 0.25) is 6.82 Å². The molecule has 0 bridgehead atoms. The van der Waals surface area contributed by atoms with Crippen LogP contribution in [-0.4, -0.2) is 28.4 Å². The minimum atomic E-state index is 0.136. The molecule has 3 heteroatoms. The molecule has 2 aliphatic rings. The average molecular weight is 352 g/mol. The van der Waals surface area contributed by atoms with Crippen LogP contribution >= 0.6 is 0 Å². The summed E-state index contributed by atoms with van der Waals surface area (Å²) in [7, 11) is 0. The number of hydrogen-bond donors (Lipinski definition) is 0. The van der Waals surface area contributed by atoms with E-state index < -0.39 is 0 Å². The van der Waals surface area contributed by atoms with Crippen molar-refractivity contribution in [3.63, 3.8) is 0 Å². The van der Waals surface area contributed by atoms with Gasteiger partial charge in [-0.2, -0.15) is 0 Å². The zero-order valence-corrected chi connectivity index (χ0v) is 18.6. The van der Waals surface area contributed by atoms with Gasteiger partial charge in [0, 0.05) is 17.3 Å². The van der Waals surface area contributed by atoms with E-state index in [9.17, 15) is 0 Å². The number of benzene rings is 1. The summed E-state index contributed by atoms with van der Waals surface area (Å²) in [5, 5.41) is 5.52. The minimum Gasteiger partial charge on any atom is -0.347 e. The highest BCUT2D eigenvalue weighted by atomic mass is 15.6. The van der Waals surface area contributed by atoms with Gasteiger partial charge in [0.1, 0.15) is 0 Å². The van der Waals surface area contributed by atoms with Crippen molar-refractivity contribution in [3.05, 3.63) is 34.7 Å². The molecule has 26 heavy (non-hydrogen) atoms. The molecule has 0 amide bonds. The second-order valence-electron chi connectivity index (χ2n) is 10.8. The average Bonchev–Trinajstić information content (AvgIpc) is 2.63. The maximum Gasteiger partial charge on any atom is 0.300 e. The molecule has 0 N–H and O–H groups in total. The molecule has 1 aromatic carbocycles. The highest BCUT2D eigenvalue weighted by Gasteiger charge is 2.53. The Morgan fingerprint density at radius 2 is 1.58 bits per heavy atom. The summed E-state index contributed by atoms with van der Waals surface area (Å²) in [5.74, 6) is 0. The zero-order valence-electron chi connectivity index (χ0n) is 18.6. The third-order valence-corrected chi connectivity index (χ3v) is 6.78. The molecule has 0 aliphatic carbocycles. The summed E-state index contributed by atoms with van der Waals surface area (Å²) in [5.41, 5.74) is 3.53. The number of hydrogen-bond acceptors (Lipinski definition) is 2. The van der Waals surface area contributed by atoms with Crippen molar-refractivity contribution in [2.24, 2.45) is 10.8 Å². The van der Waals surface area contributed by atoms with Crippen molar-refractivity contribution >= 4 is 18.0 Å². The first-order chi connectivity index (χ1) is 11.8. The third kappa shape index (κ3) is 2.83. The molecular formula is C23H37BN2. The van der Waals surface area contributed by atoms with E-state index in [0.29, 0.717) is 18.3 Å². The molecule has 2 aliphatic heterocycles. The first kappa shape index (κ1) is 19.5. The summed E-state index contributed by atoms with van der Waals surface area (Å²) in [6.07, 6.45) is 1.21. The van der Waals surface area contributed by atoms with Gasteiger partial charge in [-0.05, 0) is 55.4 Å². The molecule has 2 nitrogen and oxygen atoms in total. The van der Waals surface area contributed by atoms with E-state index in [2.05, 4.69) is 103 Å². The molecule has 0 unspecified atom stereocenters. The Hall–Kier alpha value is -1.22. The molecule has 1 saturated heterocycles. The van der Waals surface area contributed by atoms with Crippen molar-refractivity contribution in [2.75, 3.05) is 0 Å². The lowest BCUT2D eigenvalue weighted by Gasteiger charge is -2.51. The van der Waals surface area contributed by atoms with Gasteiger partial charge in [0.15, 0.2) is 0 Å². The SMILES string of the molecule is CB1C(C(C)(C)C)=c2ccccc2=C(C)N1N1[C@@H](C)C(C)(C)CC1(C)C. The van der Waals surface area contributed by atoms with Gasteiger partial charge in [0.25, 0.3) is 0 Å². The second kappa shape index (κ2) is 5.89. The molecule has 0 radical (unpaired) electrons. The largest absolute Gasteiger partial charge is 0.347 e. The standard InChI is InChI=1S/C23H37BN2/c1-16-18-13-11-12-14-19(18)20(21(3,4)5)24(10)26(16)25-17(2)22(6,7)15-23(25,8)9/h11-14,17H,15H2,1-10H3/t17-/m0/s1. The Kier molecular flexibility index (Phi) is 4.43. The van der Waals surface area contributed by atoms with Crippen LogP contribution in [0, 0.1) is 10.8 Å². The fourth-order valence-electron chi connectivity index (χ4n) is 5.85. The van der Waals surface area contributed by atoms with Gasteiger partial charge < -0.3 is 4.92 Å². The van der Waals surface area contributed by atoms with Crippen molar-refractivity contribution in [1.29, 1.82) is 0 Å².